The highest BCUT2D eigenvalue weighted by Gasteiger charge is 2.42. The lowest BCUT2D eigenvalue weighted by Crippen LogP contribution is -2.47. The third-order valence-electron chi connectivity index (χ3n) is 5.76. The van der Waals surface area contributed by atoms with E-state index in [9.17, 15) is 14.7 Å². The number of imide groups is 1. The molecule has 1 fully saturated rings. The molecule has 0 saturated carbocycles. The van der Waals surface area contributed by atoms with Gasteiger partial charge in [-0.3, -0.25) is 15.1 Å². The molecule has 2 aromatic heterocycles. The van der Waals surface area contributed by atoms with Gasteiger partial charge < -0.3 is 19.7 Å². The van der Waals surface area contributed by atoms with E-state index >= 15 is 0 Å². The zero-order valence-electron chi connectivity index (χ0n) is 17.7. The van der Waals surface area contributed by atoms with Crippen molar-refractivity contribution < 1.29 is 19.4 Å². The Morgan fingerprint density at radius 3 is 2.72 bits per heavy atom. The molecule has 5 rings (SSSR count). The molecule has 4 aromatic rings. The van der Waals surface area contributed by atoms with Gasteiger partial charge in [-0.05, 0) is 44.2 Å². The van der Waals surface area contributed by atoms with Gasteiger partial charge in [0.15, 0.2) is 5.88 Å². The fourth-order valence-electron chi connectivity index (χ4n) is 4.15. The molecular formula is C24H22N4O4. The fourth-order valence-corrected chi connectivity index (χ4v) is 4.15. The Morgan fingerprint density at radius 2 is 1.94 bits per heavy atom. The summed E-state index contributed by atoms with van der Waals surface area (Å²) in [5.74, 6) is 0.257. The molecule has 3 amide bonds. The minimum absolute atomic E-state index is 0.0254. The van der Waals surface area contributed by atoms with Gasteiger partial charge in [0, 0.05) is 33.6 Å². The summed E-state index contributed by atoms with van der Waals surface area (Å²) in [5.41, 5.74) is 1.77. The van der Waals surface area contributed by atoms with Crippen LogP contribution in [-0.4, -0.2) is 32.1 Å². The second-order valence-electron chi connectivity index (χ2n) is 8.30. The summed E-state index contributed by atoms with van der Waals surface area (Å²) < 4.78 is 7.61. The van der Waals surface area contributed by atoms with Crippen molar-refractivity contribution in [1.82, 2.24) is 20.2 Å². The van der Waals surface area contributed by atoms with Crippen LogP contribution in [0.3, 0.4) is 0 Å². The van der Waals surface area contributed by atoms with Crippen LogP contribution in [0.5, 0.6) is 11.6 Å². The van der Waals surface area contributed by atoms with E-state index < -0.39 is 17.5 Å². The maximum atomic E-state index is 12.1. The number of hydrogen-bond donors (Lipinski definition) is 3. The number of ether oxygens (including phenoxy) is 1. The molecule has 0 bridgehead atoms. The van der Waals surface area contributed by atoms with Crippen molar-refractivity contribution >= 4 is 33.6 Å². The van der Waals surface area contributed by atoms with Crippen molar-refractivity contribution in [2.75, 3.05) is 0 Å². The lowest BCUT2D eigenvalue weighted by atomic mass is 10.0. The first-order valence-corrected chi connectivity index (χ1v) is 10.3. The van der Waals surface area contributed by atoms with Crippen LogP contribution in [0.15, 0.2) is 54.7 Å². The monoisotopic (exact) mass is 430 g/mol. The number of urea groups is 1. The van der Waals surface area contributed by atoms with Crippen LogP contribution in [0.2, 0.25) is 0 Å². The lowest BCUT2D eigenvalue weighted by Gasteiger charge is -2.21. The van der Waals surface area contributed by atoms with E-state index in [0.717, 1.165) is 27.5 Å². The average molecular weight is 430 g/mol. The van der Waals surface area contributed by atoms with E-state index in [1.54, 1.807) is 29.8 Å². The molecule has 1 aliphatic heterocycles. The van der Waals surface area contributed by atoms with Crippen LogP contribution in [0.1, 0.15) is 18.2 Å². The van der Waals surface area contributed by atoms with Gasteiger partial charge in [0.2, 0.25) is 0 Å². The topological polar surface area (TPSA) is 105 Å². The molecule has 1 atom stereocenters. The fraction of sp³-hybridized carbons (Fsp3) is 0.208. The van der Waals surface area contributed by atoms with Gasteiger partial charge in [-0.1, -0.05) is 18.2 Å². The van der Waals surface area contributed by atoms with Crippen molar-refractivity contribution in [2.24, 2.45) is 0 Å². The minimum Gasteiger partial charge on any atom is -0.494 e. The standard InChI is InChI=1S/C24H22N4O4/c1-14-9-16(18-5-3-4-6-20(18)25-14)12-32-17-7-8-19-15(10-17)11-28(21(19)29)13-24(2)22(30)26-23(31)27-24/h3-11,29H,12-13H2,1-2H3,(H2,26,27,30,31). The molecule has 0 aliphatic carbocycles. The Morgan fingerprint density at radius 1 is 1.12 bits per heavy atom. The Hall–Kier alpha value is -4.07. The van der Waals surface area contributed by atoms with Gasteiger partial charge in [0.05, 0.1) is 12.1 Å². The van der Waals surface area contributed by atoms with E-state index in [4.69, 9.17) is 4.74 Å². The zero-order chi connectivity index (χ0) is 22.5. The van der Waals surface area contributed by atoms with E-state index in [2.05, 4.69) is 15.6 Å². The van der Waals surface area contributed by atoms with Crippen LogP contribution in [0, 0.1) is 6.92 Å². The first-order valence-electron chi connectivity index (χ1n) is 10.3. The number of aromatic hydroxyl groups is 1. The minimum atomic E-state index is -1.14. The number of pyridine rings is 1. The summed E-state index contributed by atoms with van der Waals surface area (Å²) in [6.07, 6.45) is 1.74. The first kappa shape index (κ1) is 19.9. The Kier molecular flexibility index (Phi) is 4.51. The van der Waals surface area contributed by atoms with Crippen LogP contribution in [0.4, 0.5) is 4.79 Å². The molecule has 0 spiro atoms. The number of fused-ring (bicyclic) bond motifs is 2. The summed E-state index contributed by atoms with van der Waals surface area (Å²) in [5, 5.41) is 17.9. The SMILES string of the molecule is Cc1cc(COc2ccc3c(O)n(CC4(C)NC(=O)NC4=O)cc3c2)c2ccccc2n1. The van der Waals surface area contributed by atoms with Crippen LogP contribution in [0.25, 0.3) is 21.7 Å². The molecule has 162 valence electrons. The first-order chi connectivity index (χ1) is 15.3. The number of carbonyl (C=O) groups excluding carboxylic acids is 2. The lowest BCUT2D eigenvalue weighted by molar-refractivity contribution is -0.123. The Bertz CT molecular complexity index is 1390. The molecule has 1 unspecified atom stereocenters. The highest BCUT2D eigenvalue weighted by Crippen LogP contribution is 2.32. The molecule has 3 heterocycles. The molecule has 8 nitrogen and oxygen atoms in total. The molecule has 1 saturated heterocycles. The van der Waals surface area contributed by atoms with Gasteiger partial charge >= 0.3 is 6.03 Å². The molecule has 32 heavy (non-hydrogen) atoms. The number of para-hydroxylation sites is 1. The predicted octanol–water partition coefficient (Wildman–Crippen LogP) is 3.38. The number of nitrogens with zero attached hydrogens (tertiary/aromatic N) is 2. The molecule has 1 aliphatic rings. The van der Waals surface area contributed by atoms with E-state index in [1.165, 1.54) is 0 Å². The zero-order valence-corrected chi connectivity index (χ0v) is 17.7. The largest absolute Gasteiger partial charge is 0.494 e. The summed E-state index contributed by atoms with van der Waals surface area (Å²) >= 11 is 0. The number of amides is 3. The Balaban J connectivity index is 1.40. The molecule has 2 aromatic carbocycles. The van der Waals surface area contributed by atoms with Gasteiger partial charge in [0.1, 0.15) is 17.9 Å². The van der Waals surface area contributed by atoms with Crippen LogP contribution in [-0.2, 0) is 17.9 Å². The highest BCUT2D eigenvalue weighted by molar-refractivity contribution is 6.06. The number of carbonyl (C=O) groups is 2. The van der Waals surface area contributed by atoms with Crippen molar-refractivity contribution in [3.8, 4) is 11.6 Å². The second kappa shape index (κ2) is 7.26. The van der Waals surface area contributed by atoms with Gasteiger partial charge in [0.25, 0.3) is 5.91 Å². The van der Waals surface area contributed by atoms with Crippen molar-refractivity contribution in [2.45, 2.75) is 32.5 Å². The van der Waals surface area contributed by atoms with Gasteiger partial charge in [-0.2, -0.15) is 0 Å². The maximum absolute atomic E-state index is 12.1. The molecule has 3 N–H and O–H groups in total. The van der Waals surface area contributed by atoms with E-state index in [1.807, 2.05) is 43.3 Å². The third kappa shape index (κ3) is 3.39. The summed E-state index contributed by atoms with van der Waals surface area (Å²) in [6, 6.07) is 14.9. The maximum Gasteiger partial charge on any atom is 0.322 e. The number of benzene rings is 2. The summed E-state index contributed by atoms with van der Waals surface area (Å²) in [6.45, 7) is 4.06. The van der Waals surface area contributed by atoms with Gasteiger partial charge in [-0.25, -0.2) is 4.79 Å². The molecule has 0 radical (unpaired) electrons. The normalized spacial score (nSPS) is 18.2. The van der Waals surface area contributed by atoms with Gasteiger partial charge in [-0.15, -0.1) is 0 Å². The number of nitrogens with one attached hydrogen (secondary N) is 2. The van der Waals surface area contributed by atoms with Crippen molar-refractivity contribution in [1.29, 1.82) is 0 Å². The van der Waals surface area contributed by atoms with Crippen LogP contribution >= 0.6 is 0 Å². The Labute approximate surface area is 183 Å². The average Bonchev–Trinajstić information content (AvgIpc) is 3.19. The quantitative estimate of drug-likeness (QED) is 0.421. The number of aryl methyl sites for hydroxylation is 1. The van der Waals surface area contributed by atoms with E-state index in [0.29, 0.717) is 17.7 Å². The molecule has 8 heteroatoms. The molecular weight excluding hydrogens is 408 g/mol. The summed E-state index contributed by atoms with van der Waals surface area (Å²) in [7, 11) is 0. The summed E-state index contributed by atoms with van der Waals surface area (Å²) in [4.78, 5) is 28.2. The van der Waals surface area contributed by atoms with Crippen molar-refractivity contribution in [3.05, 3.63) is 66.0 Å². The van der Waals surface area contributed by atoms with Crippen LogP contribution < -0.4 is 15.4 Å². The number of hydrogen-bond acceptors (Lipinski definition) is 5. The highest BCUT2D eigenvalue weighted by atomic mass is 16.5. The number of rotatable bonds is 5. The predicted molar refractivity (Wildman–Crippen MR) is 119 cm³/mol. The van der Waals surface area contributed by atoms with E-state index in [-0.39, 0.29) is 12.4 Å². The second-order valence-corrected chi connectivity index (χ2v) is 8.30. The van der Waals surface area contributed by atoms with Crippen molar-refractivity contribution in [3.63, 3.8) is 0 Å². The third-order valence-corrected chi connectivity index (χ3v) is 5.76. The smallest absolute Gasteiger partial charge is 0.322 e. The number of aromatic nitrogens is 2.